The third-order valence-electron chi connectivity index (χ3n) is 2.60. The molecular formula is C13H10BrN3O3S. The van der Waals surface area contributed by atoms with E-state index in [0.717, 1.165) is 9.37 Å². The van der Waals surface area contributed by atoms with Crippen molar-refractivity contribution < 1.29 is 10.1 Å². The second-order valence-corrected chi connectivity index (χ2v) is 6.01. The lowest BCUT2D eigenvalue weighted by Crippen LogP contribution is -2.14. The number of nitro benzene ring substituents is 1. The summed E-state index contributed by atoms with van der Waals surface area (Å²) in [7, 11) is 0. The van der Waals surface area contributed by atoms with E-state index in [2.05, 4.69) is 21.1 Å². The van der Waals surface area contributed by atoms with Crippen LogP contribution in [0.5, 0.6) is 0 Å². The minimum Gasteiger partial charge on any atom is -0.409 e. The van der Waals surface area contributed by atoms with Gasteiger partial charge in [-0.2, -0.15) is 0 Å². The van der Waals surface area contributed by atoms with Crippen LogP contribution in [-0.4, -0.2) is 16.0 Å². The summed E-state index contributed by atoms with van der Waals surface area (Å²) in [5.74, 6) is -0.168. The number of hydrogen-bond acceptors (Lipinski definition) is 5. The first-order valence-electron chi connectivity index (χ1n) is 5.71. The largest absolute Gasteiger partial charge is 0.409 e. The molecule has 0 fully saturated rings. The van der Waals surface area contributed by atoms with Gasteiger partial charge in [-0.25, -0.2) is 0 Å². The van der Waals surface area contributed by atoms with Gasteiger partial charge in [0, 0.05) is 32.0 Å². The van der Waals surface area contributed by atoms with Crippen LogP contribution in [0.4, 0.5) is 5.69 Å². The molecule has 0 bridgehead atoms. The van der Waals surface area contributed by atoms with Crippen molar-refractivity contribution in [3.8, 4) is 0 Å². The lowest BCUT2D eigenvalue weighted by atomic mass is 10.2. The first kappa shape index (κ1) is 15.3. The van der Waals surface area contributed by atoms with Crippen LogP contribution < -0.4 is 5.73 Å². The topological polar surface area (TPSA) is 102 Å². The van der Waals surface area contributed by atoms with Crippen LogP contribution in [-0.2, 0) is 0 Å². The molecule has 6 nitrogen and oxygen atoms in total. The number of amidine groups is 1. The molecular weight excluding hydrogens is 358 g/mol. The Labute approximate surface area is 132 Å². The lowest BCUT2D eigenvalue weighted by Gasteiger charge is -2.08. The van der Waals surface area contributed by atoms with Gasteiger partial charge in [-0.3, -0.25) is 10.1 Å². The Bertz CT molecular complexity index is 704. The van der Waals surface area contributed by atoms with Crippen LogP contribution in [0.25, 0.3) is 0 Å². The lowest BCUT2D eigenvalue weighted by molar-refractivity contribution is -0.384. The minimum atomic E-state index is -0.526. The molecule has 0 saturated carbocycles. The van der Waals surface area contributed by atoms with Crippen molar-refractivity contribution in [2.24, 2.45) is 10.9 Å². The summed E-state index contributed by atoms with van der Waals surface area (Å²) in [6.07, 6.45) is 0. The maximum atomic E-state index is 10.8. The molecule has 0 aliphatic carbocycles. The molecule has 2 aromatic carbocycles. The fourth-order valence-electron chi connectivity index (χ4n) is 1.60. The molecule has 0 aromatic heterocycles. The molecule has 0 radical (unpaired) electrons. The summed E-state index contributed by atoms with van der Waals surface area (Å²) in [5, 5.41) is 22.6. The molecule has 0 unspecified atom stereocenters. The number of oxime groups is 1. The normalized spacial score (nSPS) is 11.4. The van der Waals surface area contributed by atoms with E-state index < -0.39 is 4.92 Å². The van der Waals surface area contributed by atoms with E-state index in [4.69, 9.17) is 10.9 Å². The Balaban J connectivity index is 2.42. The van der Waals surface area contributed by atoms with Gasteiger partial charge in [-0.05, 0) is 30.3 Å². The number of halogens is 1. The molecule has 0 atom stereocenters. The summed E-state index contributed by atoms with van der Waals surface area (Å²) in [6.45, 7) is 0. The van der Waals surface area contributed by atoms with Gasteiger partial charge in [-0.1, -0.05) is 32.8 Å². The summed E-state index contributed by atoms with van der Waals surface area (Å²) < 4.78 is 0.951. The van der Waals surface area contributed by atoms with E-state index in [1.807, 2.05) is 24.3 Å². The SMILES string of the molecule is NC(=NO)c1cc([N+](=O)[O-])ccc1Sc1ccc(Br)cc1. The number of nitrogens with two attached hydrogens (primary N) is 1. The average molecular weight is 368 g/mol. The molecule has 108 valence electrons. The summed E-state index contributed by atoms with van der Waals surface area (Å²) in [5.41, 5.74) is 5.80. The van der Waals surface area contributed by atoms with Crippen LogP contribution in [0.2, 0.25) is 0 Å². The van der Waals surface area contributed by atoms with Gasteiger partial charge in [0.1, 0.15) is 0 Å². The highest BCUT2D eigenvalue weighted by molar-refractivity contribution is 9.10. The number of nitro groups is 1. The molecule has 0 amide bonds. The molecule has 0 aliphatic heterocycles. The average Bonchev–Trinajstić information content (AvgIpc) is 2.49. The molecule has 2 aromatic rings. The van der Waals surface area contributed by atoms with Crippen LogP contribution in [0.3, 0.4) is 0 Å². The zero-order chi connectivity index (χ0) is 15.4. The van der Waals surface area contributed by atoms with E-state index in [0.29, 0.717) is 10.5 Å². The smallest absolute Gasteiger partial charge is 0.270 e. The molecule has 21 heavy (non-hydrogen) atoms. The van der Waals surface area contributed by atoms with Crippen molar-refractivity contribution >= 4 is 39.2 Å². The zero-order valence-corrected chi connectivity index (χ0v) is 13.0. The van der Waals surface area contributed by atoms with Crippen LogP contribution >= 0.6 is 27.7 Å². The van der Waals surface area contributed by atoms with Gasteiger partial charge in [0.15, 0.2) is 5.84 Å². The van der Waals surface area contributed by atoms with Gasteiger partial charge in [0.25, 0.3) is 5.69 Å². The van der Waals surface area contributed by atoms with Crippen molar-refractivity contribution in [3.05, 3.63) is 62.6 Å². The van der Waals surface area contributed by atoms with Gasteiger partial charge in [0.2, 0.25) is 0 Å². The second-order valence-electron chi connectivity index (χ2n) is 3.98. The van der Waals surface area contributed by atoms with E-state index in [1.165, 1.54) is 23.9 Å². The molecule has 0 heterocycles. The fraction of sp³-hybridized carbons (Fsp3) is 0. The Morgan fingerprint density at radius 2 is 1.95 bits per heavy atom. The molecule has 2 rings (SSSR count). The number of rotatable bonds is 4. The van der Waals surface area contributed by atoms with Gasteiger partial charge < -0.3 is 10.9 Å². The number of nitrogens with zero attached hydrogens (tertiary/aromatic N) is 2. The Hall–Kier alpha value is -2.06. The first-order valence-corrected chi connectivity index (χ1v) is 7.32. The molecule has 8 heteroatoms. The highest BCUT2D eigenvalue weighted by Crippen LogP contribution is 2.33. The quantitative estimate of drug-likeness (QED) is 0.282. The highest BCUT2D eigenvalue weighted by atomic mass is 79.9. The monoisotopic (exact) mass is 367 g/mol. The highest BCUT2D eigenvalue weighted by Gasteiger charge is 2.15. The van der Waals surface area contributed by atoms with Crippen LogP contribution in [0.1, 0.15) is 5.56 Å². The third kappa shape index (κ3) is 3.73. The Kier molecular flexibility index (Phi) is 4.81. The van der Waals surface area contributed by atoms with Crippen molar-refractivity contribution in [1.82, 2.24) is 0 Å². The molecule has 0 aliphatic rings. The standard InChI is InChI=1S/C13H10BrN3O3S/c14-8-1-4-10(5-2-8)21-12-6-3-9(17(19)20)7-11(12)13(15)16-18/h1-7,18H,(H2,15,16). The second kappa shape index (κ2) is 6.59. The predicted octanol–water partition coefficient (Wildman–Crippen LogP) is 3.60. The van der Waals surface area contributed by atoms with Crippen molar-refractivity contribution in [2.75, 3.05) is 0 Å². The van der Waals surface area contributed by atoms with E-state index in [9.17, 15) is 10.1 Å². The van der Waals surface area contributed by atoms with E-state index >= 15 is 0 Å². The van der Waals surface area contributed by atoms with Crippen molar-refractivity contribution in [2.45, 2.75) is 9.79 Å². The molecule has 0 spiro atoms. The van der Waals surface area contributed by atoms with E-state index in [1.54, 1.807) is 6.07 Å². The van der Waals surface area contributed by atoms with Crippen LogP contribution in [0, 0.1) is 10.1 Å². The molecule has 3 N–H and O–H groups in total. The van der Waals surface area contributed by atoms with Crippen LogP contribution in [0.15, 0.2) is 61.9 Å². The predicted molar refractivity (Wildman–Crippen MR) is 83.9 cm³/mol. The summed E-state index contributed by atoms with van der Waals surface area (Å²) >= 11 is 4.72. The van der Waals surface area contributed by atoms with Crippen molar-refractivity contribution in [3.63, 3.8) is 0 Å². The first-order chi connectivity index (χ1) is 10.0. The summed E-state index contributed by atoms with van der Waals surface area (Å²) in [6, 6.07) is 11.8. The third-order valence-corrected chi connectivity index (χ3v) is 4.21. The number of hydrogen-bond donors (Lipinski definition) is 2. The number of benzene rings is 2. The zero-order valence-electron chi connectivity index (χ0n) is 10.6. The van der Waals surface area contributed by atoms with Gasteiger partial charge >= 0.3 is 0 Å². The van der Waals surface area contributed by atoms with Crippen molar-refractivity contribution in [1.29, 1.82) is 0 Å². The van der Waals surface area contributed by atoms with Gasteiger partial charge in [-0.15, -0.1) is 0 Å². The molecule has 0 saturated heterocycles. The van der Waals surface area contributed by atoms with Gasteiger partial charge in [0.05, 0.1) is 4.92 Å². The summed E-state index contributed by atoms with van der Waals surface area (Å²) in [4.78, 5) is 11.9. The fourth-order valence-corrected chi connectivity index (χ4v) is 2.80. The Morgan fingerprint density at radius 1 is 1.29 bits per heavy atom. The maximum absolute atomic E-state index is 10.8. The van der Waals surface area contributed by atoms with E-state index in [-0.39, 0.29) is 11.5 Å². The minimum absolute atomic E-state index is 0.114. The maximum Gasteiger partial charge on any atom is 0.270 e. The number of non-ortho nitro benzene ring substituents is 1. The Morgan fingerprint density at radius 3 is 2.52 bits per heavy atom.